The van der Waals surface area contributed by atoms with Crippen molar-refractivity contribution in [1.82, 2.24) is 4.90 Å². The Kier molecular flexibility index (Phi) is 5.31. The molecule has 0 bridgehead atoms. The summed E-state index contributed by atoms with van der Waals surface area (Å²) >= 11 is 0. The molecule has 0 saturated carbocycles. The first-order valence-electron chi connectivity index (χ1n) is 5.52. The summed E-state index contributed by atoms with van der Waals surface area (Å²) in [4.78, 5) is 26.5. The summed E-state index contributed by atoms with van der Waals surface area (Å²) in [5, 5.41) is 28.3. The lowest BCUT2D eigenvalue weighted by molar-refractivity contribution is -0.143. The lowest BCUT2D eigenvalue weighted by Gasteiger charge is -2.26. The molecule has 1 heterocycles. The van der Waals surface area contributed by atoms with E-state index in [4.69, 9.17) is 9.84 Å². The largest absolute Gasteiger partial charge is 0.394 e. The molecule has 3 N–H and O–H groups in total. The molecule has 1 aliphatic heterocycles. The third kappa shape index (κ3) is 3.44. The second-order valence-electron chi connectivity index (χ2n) is 3.97. The van der Waals surface area contributed by atoms with Gasteiger partial charge in [-0.25, -0.2) is 4.99 Å². The summed E-state index contributed by atoms with van der Waals surface area (Å²) in [7, 11) is 0. The van der Waals surface area contributed by atoms with Crippen molar-refractivity contribution in [3.8, 4) is 0 Å². The standard InChI is InChI=1S/C11H16N2O6/c1-6(15)13(4-3-8(16)12-2)11-10(18)9(17)7(5-14)19-11/h3-4,7,9-11,14,17-18H,2,5H2,1H3/b4-3-/t7-,9?,10+,11-/m1/s1. The molecule has 0 aliphatic carbocycles. The first-order valence-corrected chi connectivity index (χ1v) is 5.52. The number of amides is 2. The minimum atomic E-state index is -1.39. The Morgan fingerprint density at radius 1 is 1.42 bits per heavy atom. The van der Waals surface area contributed by atoms with Crippen LogP contribution in [-0.4, -0.2) is 69.9 Å². The average molecular weight is 272 g/mol. The van der Waals surface area contributed by atoms with E-state index in [0.29, 0.717) is 0 Å². The second-order valence-corrected chi connectivity index (χ2v) is 3.97. The van der Waals surface area contributed by atoms with Crippen molar-refractivity contribution in [3.63, 3.8) is 0 Å². The number of carbonyl (C=O) groups is 2. The highest BCUT2D eigenvalue weighted by molar-refractivity contribution is 5.91. The predicted octanol–water partition coefficient (Wildman–Crippen LogP) is -1.99. The first-order chi connectivity index (χ1) is 8.92. The van der Waals surface area contributed by atoms with Gasteiger partial charge in [-0.15, -0.1) is 0 Å². The molecule has 1 unspecified atom stereocenters. The monoisotopic (exact) mass is 272 g/mol. The highest BCUT2D eigenvalue weighted by Gasteiger charge is 2.45. The van der Waals surface area contributed by atoms with Gasteiger partial charge in [0.25, 0.3) is 5.91 Å². The third-order valence-electron chi connectivity index (χ3n) is 2.69. The highest BCUT2D eigenvalue weighted by Crippen LogP contribution is 2.24. The quantitative estimate of drug-likeness (QED) is 0.403. The fraction of sp³-hybridized carbons (Fsp3) is 0.545. The van der Waals surface area contributed by atoms with Gasteiger partial charge < -0.3 is 20.1 Å². The molecule has 8 nitrogen and oxygen atoms in total. The molecule has 0 aromatic carbocycles. The van der Waals surface area contributed by atoms with Crippen LogP contribution in [0.4, 0.5) is 0 Å². The van der Waals surface area contributed by atoms with Crippen molar-refractivity contribution in [2.75, 3.05) is 6.61 Å². The van der Waals surface area contributed by atoms with E-state index in [1.807, 2.05) is 0 Å². The number of aliphatic imine (C=N–C) groups is 1. The Bertz CT molecular complexity index is 397. The van der Waals surface area contributed by atoms with Crippen LogP contribution in [0, 0.1) is 0 Å². The highest BCUT2D eigenvalue weighted by atomic mass is 16.6. The lowest BCUT2D eigenvalue weighted by Crippen LogP contribution is -2.43. The van der Waals surface area contributed by atoms with E-state index < -0.39 is 43.0 Å². The Balaban J connectivity index is 2.89. The summed E-state index contributed by atoms with van der Waals surface area (Å²) in [5.74, 6) is -1.18. The van der Waals surface area contributed by atoms with Gasteiger partial charge in [0.2, 0.25) is 5.91 Å². The van der Waals surface area contributed by atoms with E-state index in [9.17, 15) is 19.8 Å². The molecule has 1 aliphatic rings. The molecule has 19 heavy (non-hydrogen) atoms. The zero-order chi connectivity index (χ0) is 14.6. The molecular weight excluding hydrogens is 256 g/mol. The summed E-state index contributed by atoms with van der Waals surface area (Å²) in [6, 6.07) is 0. The van der Waals surface area contributed by atoms with Gasteiger partial charge in [-0.2, -0.15) is 0 Å². The summed E-state index contributed by atoms with van der Waals surface area (Å²) in [5.41, 5.74) is 0. The predicted molar refractivity (Wildman–Crippen MR) is 64.0 cm³/mol. The summed E-state index contributed by atoms with van der Waals surface area (Å²) < 4.78 is 5.17. The van der Waals surface area contributed by atoms with Gasteiger partial charge >= 0.3 is 0 Å². The molecule has 0 aromatic rings. The molecule has 1 rings (SSSR count). The smallest absolute Gasteiger partial charge is 0.270 e. The molecule has 1 fully saturated rings. The fourth-order valence-corrected chi connectivity index (χ4v) is 1.68. The van der Waals surface area contributed by atoms with Gasteiger partial charge in [0.15, 0.2) is 6.23 Å². The van der Waals surface area contributed by atoms with E-state index in [0.717, 1.165) is 17.2 Å². The van der Waals surface area contributed by atoms with Gasteiger partial charge in [-0.1, -0.05) is 0 Å². The molecule has 1 saturated heterocycles. The zero-order valence-corrected chi connectivity index (χ0v) is 10.3. The van der Waals surface area contributed by atoms with Crippen LogP contribution in [0.1, 0.15) is 6.92 Å². The van der Waals surface area contributed by atoms with Crippen LogP contribution in [0.2, 0.25) is 0 Å². The Hall–Kier alpha value is -1.61. The molecule has 0 radical (unpaired) electrons. The molecular formula is C11H16N2O6. The van der Waals surface area contributed by atoms with Crippen LogP contribution < -0.4 is 0 Å². The number of ether oxygens (including phenoxy) is 1. The minimum absolute atomic E-state index is 0.503. The Morgan fingerprint density at radius 2 is 2.05 bits per heavy atom. The van der Waals surface area contributed by atoms with Crippen molar-refractivity contribution in [2.45, 2.75) is 31.5 Å². The summed E-state index contributed by atoms with van der Waals surface area (Å²) in [6.07, 6.45) is -2.83. The maximum absolute atomic E-state index is 11.5. The van der Waals surface area contributed by atoms with Crippen molar-refractivity contribution >= 4 is 18.5 Å². The van der Waals surface area contributed by atoms with Gasteiger partial charge in [-0.05, 0) is 6.72 Å². The van der Waals surface area contributed by atoms with Crippen LogP contribution in [0.5, 0.6) is 0 Å². The molecule has 4 atom stereocenters. The van der Waals surface area contributed by atoms with Crippen LogP contribution in [0.25, 0.3) is 0 Å². The van der Waals surface area contributed by atoms with Gasteiger partial charge in [0, 0.05) is 19.2 Å². The maximum Gasteiger partial charge on any atom is 0.270 e. The van der Waals surface area contributed by atoms with E-state index in [1.54, 1.807) is 0 Å². The number of aliphatic hydroxyl groups excluding tert-OH is 3. The molecule has 8 heteroatoms. The molecule has 106 valence electrons. The van der Waals surface area contributed by atoms with E-state index in [-0.39, 0.29) is 0 Å². The number of hydrogen-bond acceptors (Lipinski definition) is 6. The Morgan fingerprint density at radius 3 is 2.47 bits per heavy atom. The van der Waals surface area contributed by atoms with Crippen LogP contribution >= 0.6 is 0 Å². The average Bonchev–Trinajstić information content (AvgIpc) is 2.66. The topological polar surface area (TPSA) is 120 Å². The number of carbonyl (C=O) groups excluding carboxylic acids is 2. The molecule has 0 aromatic heterocycles. The van der Waals surface area contributed by atoms with Gasteiger partial charge in [-0.3, -0.25) is 14.5 Å². The third-order valence-corrected chi connectivity index (χ3v) is 2.69. The van der Waals surface area contributed by atoms with Crippen molar-refractivity contribution in [3.05, 3.63) is 12.3 Å². The van der Waals surface area contributed by atoms with E-state index >= 15 is 0 Å². The zero-order valence-electron chi connectivity index (χ0n) is 10.3. The van der Waals surface area contributed by atoms with Crippen molar-refractivity contribution in [1.29, 1.82) is 0 Å². The number of aliphatic hydroxyl groups is 3. The van der Waals surface area contributed by atoms with Crippen molar-refractivity contribution < 1.29 is 29.6 Å². The minimum Gasteiger partial charge on any atom is -0.394 e. The number of rotatable bonds is 4. The maximum atomic E-state index is 11.5. The van der Waals surface area contributed by atoms with Gasteiger partial charge in [0.05, 0.1) is 6.61 Å². The van der Waals surface area contributed by atoms with E-state index in [2.05, 4.69) is 11.7 Å². The van der Waals surface area contributed by atoms with Crippen LogP contribution in [-0.2, 0) is 14.3 Å². The summed E-state index contributed by atoms with van der Waals surface area (Å²) in [6.45, 7) is 3.72. The second kappa shape index (κ2) is 6.53. The normalized spacial score (nSPS) is 30.5. The number of nitrogens with zero attached hydrogens (tertiary/aromatic N) is 2. The van der Waals surface area contributed by atoms with Crippen LogP contribution in [0.3, 0.4) is 0 Å². The van der Waals surface area contributed by atoms with Crippen molar-refractivity contribution in [2.24, 2.45) is 4.99 Å². The van der Waals surface area contributed by atoms with E-state index in [1.165, 1.54) is 6.92 Å². The lowest BCUT2D eigenvalue weighted by atomic mass is 10.1. The molecule has 0 spiro atoms. The Labute approximate surface area is 109 Å². The fourth-order valence-electron chi connectivity index (χ4n) is 1.68. The first kappa shape index (κ1) is 15.4. The SMILES string of the molecule is C=NC(=O)/C=C\N(C(C)=O)[C@@H]1O[C@H](CO)C(O)[C@@H]1O. The molecule has 2 amide bonds. The van der Waals surface area contributed by atoms with Gasteiger partial charge in [0.1, 0.15) is 18.3 Å². The van der Waals surface area contributed by atoms with Crippen LogP contribution in [0.15, 0.2) is 17.3 Å². The number of hydrogen-bond donors (Lipinski definition) is 3.